The summed E-state index contributed by atoms with van der Waals surface area (Å²) in [5.41, 5.74) is 0. The van der Waals surface area contributed by atoms with Gasteiger partial charge in [0.15, 0.2) is 0 Å². The molecule has 0 aliphatic rings. The summed E-state index contributed by atoms with van der Waals surface area (Å²) in [6.07, 6.45) is 25.2. The number of hydrogen-bond acceptors (Lipinski definition) is 6. The molecule has 1 amide bonds. The van der Waals surface area contributed by atoms with E-state index in [2.05, 4.69) is 13.8 Å². The minimum absolute atomic E-state index is 0.0333. The Balaban J connectivity index is 4.28. The summed E-state index contributed by atoms with van der Waals surface area (Å²) in [5, 5.41) is 49.5. The zero-order valence-corrected chi connectivity index (χ0v) is 28.4. The molecule has 0 heterocycles. The van der Waals surface area contributed by atoms with Gasteiger partial charge in [0.05, 0.1) is 6.61 Å². The van der Waals surface area contributed by atoms with Gasteiger partial charge in [0.2, 0.25) is 5.91 Å². The first-order valence-corrected chi connectivity index (χ1v) is 18.5. The van der Waals surface area contributed by atoms with Crippen molar-refractivity contribution in [1.82, 2.24) is 4.90 Å². The molecule has 7 heteroatoms. The lowest BCUT2D eigenvalue weighted by atomic mass is 10.0. The Morgan fingerprint density at radius 3 is 1.19 bits per heavy atom. The van der Waals surface area contributed by atoms with Crippen LogP contribution in [0.25, 0.3) is 0 Å². The van der Waals surface area contributed by atoms with E-state index in [1.807, 2.05) is 0 Å². The van der Waals surface area contributed by atoms with Gasteiger partial charge < -0.3 is 30.4 Å². The lowest BCUT2D eigenvalue weighted by molar-refractivity contribution is -0.140. The van der Waals surface area contributed by atoms with Crippen molar-refractivity contribution in [3.05, 3.63) is 0 Å². The smallest absolute Gasteiger partial charge is 0.222 e. The Labute approximate surface area is 265 Å². The number of aliphatic hydroxyl groups excluding tert-OH is 5. The summed E-state index contributed by atoms with van der Waals surface area (Å²) in [6.45, 7) is 4.20. The molecule has 5 N–H and O–H groups in total. The van der Waals surface area contributed by atoms with E-state index in [9.17, 15) is 25.2 Å². The summed E-state index contributed by atoms with van der Waals surface area (Å²) in [6, 6.07) is 0. The van der Waals surface area contributed by atoms with Gasteiger partial charge in [0, 0.05) is 19.5 Å². The van der Waals surface area contributed by atoms with Crippen LogP contribution in [0.4, 0.5) is 0 Å². The van der Waals surface area contributed by atoms with Crippen molar-refractivity contribution in [1.29, 1.82) is 0 Å². The van der Waals surface area contributed by atoms with E-state index >= 15 is 0 Å². The van der Waals surface area contributed by atoms with Crippen LogP contribution < -0.4 is 0 Å². The highest BCUT2D eigenvalue weighted by molar-refractivity contribution is 5.76. The zero-order chi connectivity index (χ0) is 32.0. The molecule has 258 valence electrons. The molecule has 4 atom stereocenters. The van der Waals surface area contributed by atoms with Gasteiger partial charge in [-0.05, 0) is 12.8 Å². The van der Waals surface area contributed by atoms with Gasteiger partial charge in [-0.25, -0.2) is 0 Å². The van der Waals surface area contributed by atoms with Crippen LogP contribution in [0.1, 0.15) is 181 Å². The van der Waals surface area contributed by atoms with E-state index in [4.69, 9.17) is 5.11 Å². The number of carbonyl (C=O) groups is 1. The fraction of sp³-hybridized carbons (Fsp3) is 0.972. The van der Waals surface area contributed by atoms with Crippen molar-refractivity contribution in [2.75, 3.05) is 19.7 Å². The average Bonchev–Trinajstić information content (AvgIpc) is 3.01. The van der Waals surface area contributed by atoms with Crippen LogP contribution in [0, 0.1) is 0 Å². The summed E-state index contributed by atoms with van der Waals surface area (Å²) in [5.74, 6) is -0.0333. The molecule has 7 nitrogen and oxygen atoms in total. The van der Waals surface area contributed by atoms with Crippen LogP contribution in [0.15, 0.2) is 0 Å². The van der Waals surface area contributed by atoms with Gasteiger partial charge in [0.1, 0.15) is 24.4 Å². The maximum Gasteiger partial charge on any atom is 0.222 e. The Hall–Kier alpha value is -0.730. The third-order valence-corrected chi connectivity index (χ3v) is 8.86. The predicted octanol–water partition coefficient (Wildman–Crippen LogP) is 7.43. The van der Waals surface area contributed by atoms with Crippen molar-refractivity contribution >= 4 is 5.91 Å². The van der Waals surface area contributed by atoms with Gasteiger partial charge in [-0.15, -0.1) is 0 Å². The topological polar surface area (TPSA) is 121 Å². The minimum Gasteiger partial charge on any atom is -0.394 e. The Kier molecular flexibility index (Phi) is 30.7. The quantitative estimate of drug-likeness (QED) is 0.0490. The first kappa shape index (κ1) is 42.3. The lowest BCUT2D eigenvalue weighted by Crippen LogP contribution is -2.50. The van der Waals surface area contributed by atoms with Crippen molar-refractivity contribution in [3.8, 4) is 0 Å². The van der Waals surface area contributed by atoms with Gasteiger partial charge in [-0.3, -0.25) is 4.79 Å². The van der Waals surface area contributed by atoms with Gasteiger partial charge in [0.25, 0.3) is 0 Å². The zero-order valence-electron chi connectivity index (χ0n) is 28.4. The highest BCUT2D eigenvalue weighted by Gasteiger charge is 2.31. The average molecular weight is 616 g/mol. The summed E-state index contributed by atoms with van der Waals surface area (Å²) >= 11 is 0. The van der Waals surface area contributed by atoms with Crippen molar-refractivity contribution in [2.24, 2.45) is 0 Å². The molecule has 0 fully saturated rings. The number of unbranched alkanes of at least 4 members (excludes halogenated alkanes) is 23. The second-order valence-electron chi connectivity index (χ2n) is 13.0. The lowest BCUT2D eigenvalue weighted by Gasteiger charge is -2.30. The molecule has 0 bridgehead atoms. The van der Waals surface area contributed by atoms with E-state index in [0.717, 1.165) is 38.5 Å². The van der Waals surface area contributed by atoms with E-state index in [1.54, 1.807) is 4.90 Å². The van der Waals surface area contributed by atoms with Gasteiger partial charge in [-0.2, -0.15) is 0 Å². The van der Waals surface area contributed by atoms with Crippen LogP contribution in [-0.2, 0) is 4.79 Å². The fourth-order valence-electron chi connectivity index (χ4n) is 5.81. The molecular weight excluding hydrogens is 542 g/mol. The molecule has 0 rings (SSSR count). The Morgan fingerprint density at radius 2 is 0.814 bits per heavy atom. The van der Waals surface area contributed by atoms with Crippen LogP contribution in [0.2, 0.25) is 0 Å². The number of hydrogen-bond donors (Lipinski definition) is 5. The summed E-state index contributed by atoms with van der Waals surface area (Å²) < 4.78 is 0. The molecule has 0 spiro atoms. The Morgan fingerprint density at radius 1 is 0.488 bits per heavy atom. The fourth-order valence-corrected chi connectivity index (χ4v) is 5.81. The molecule has 0 aliphatic heterocycles. The number of carbonyl (C=O) groups excluding carboxylic acids is 1. The van der Waals surface area contributed by atoms with Crippen molar-refractivity contribution in [2.45, 2.75) is 205 Å². The third-order valence-electron chi connectivity index (χ3n) is 8.86. The molecule has 0 saturated heterocycles. The van der Waals surface area contributed by atoms with Crippen molar-refractivity contribution in [3.63, 3.8) is 0 Å². The standard InChI is InChI=1S/C36H73NO6/c1-3-5-7-9-11-13-15-16-17-18-19-20-22-24-26-28-34(41)37(30-32(39)35(42)36(43)33(40)31-38)29-27-25-23-21-14-12-10-8-6-4-2/h32-33,35-36,38-40,42-43H,3-31H2,1-2H3/t32-,33+,35+,36+/m0/s1. The summed E-state index contributed by atoms with van der Waals surface area (Å²) in [4.78, 5) is 14.7. The molecule has 0 aromatic carbocycles. The summed E-state index contributed by atoms with van der Waals surface area (Å²) in [7, 11) is 0. The van der Waals surface area contributed by atoms with Crippen molar-refractivity contribution < 1.29 is 30.3 Å². The van der Waals surface area contributed by atoms with Crippen LogP contribution in [0.5, 0.6) is 0 Å². The molecule has 43 heavy (non-hydrogen) atoms. The molecule has 0 aliphatic carbocycles. The molecule has 0 aromatic heterocycles. The van der Waals surface area contributed by atoms with E-state index in [-0.39, 0.29) is 12.5 Å². The first-order chi connectivity index (χ1) is 20.9. The van der Waals surface area contributed by atoms with Crippen LogP contribution in [0.3, 0.4) is 0 Å². The number of rotatable bonds is 33. The second-order valence-corrected chi connectivity index (χ2v) is 13.0. The highest BCUT2D eigenvalue weighted by atomic mass is 16.4. The maximum atomic E-state index is 13.1. The number of amides is 1. The maximum absolute atomic E-state index is 13.1. The largest absolute Gasteiger partial charge is 0.394 e. The van der Waals surface area contributed by atoms with Crippen LogP contribution >= 0.6 is 0 Å². The predicted molar refractivity (Wildman–Crippen MR) is 179 cm³/mol. The first-order valence-electron chi connectivity index (χ1n) is 18.5. The molecule has 0 radical (unpaired) electrons. The Bertz CT molecular complexity index is 592. The van der Waals surface area contributed by atoms with E-state index in [0.29, 0.717) is 13.0 Å². The highest BCUT2D eigenvalue weighted by Crippen LogP contribution is 2.16. The minimum atomic E-state index is -1.68. The number of aliphatic hydroxyl groups is 5. The molecule has 0 saturated carbocycles. The van der Waals surface area contributed by atoms with E-state index in [1.165, 1.54) is 122 Å². The normalized spacial score (nSPS) is 14.5. The van der Waals surface area contributed by atoms with Gasteiger partial charge in [-0.1, -0.05) is 162 Å². The number of nitrogens with zero attached hydrogens (tertiary/aromatic N) is 1. The molecule has 0 unspecified atom stereocenters. The van der Waals surface area contributed by atoms with Crippen LogP contribution in [-0.4, -0.2) is 80.5 Å². The second kappa shape index (κ2) is 31.3. The third kappa shape index (κ3) is 25.2. The molecule has 0 aromatic rings. The van der Waals surface area contributed by atoms with E-state index < -0.39 is 31.0 Å². The monoisotopic (exact) mass is 616 g/mol. The SMILES string of the molecule is CCCCCCCCCCCCCCCCCC(=O)N(CCCCCCCCCCCC)C[C@H](O)[C@@H](O)[C@H](O)[C@H](O)CO. The molecular formula is C36H73NO6. The van der Waals surface area contributed by atoms with Gasteiger partial charge >= 0.3 is 0 Å².